The third-order valence-electron chi connectivity index (χ3n) is 4.51. The Bertz CT molecular complexity index is 453. The van der Waals surface area contributed by atoms with Gasteiger partial charge in [-0.25, -0.2) is 4.39 Å². The topological polar surface area (TPSA) is 26.0 Å². The quantitative estimate of drug-likeness (QED) is 0.784. The molecule has 3 heteroatoms. The van der Waals surface area contributed by atoms with Gasteiger partial charge in [0, 0.05) is 12.0 Å². The molecule has 1 aliphatic rings. The molecule has 1 aromatic carbocycles. The summed E-state index contributed by atoms with van der Waals surface area (Å²) in [5.41, 5.74) is 7.29. The summed E-state index contributed by atoms with van der Waals surface area (Å²) in [6.07, 6.45) is 3.12. The van der Waals surface area contributed by atoms with Crippen LogP contribution >= 0.6 is 15.9 Å². The molecule has 1 fully saturated rings. The zero-order chi connectivity index (χ0) is 14.2. The molecule has 1 aliphatic carbocycles. The van der Waals surface area contributed by atoms with Crippen molar-refractivity contribution in [3.63, 3.8) is 0 Å². The van der Waals surface area contributed by atoms with Crippen molar-refractivity contribution in [2.24, 2.45) is 17.1 Å². The molecule has 0 aromatic heterocycles. The third kappa shape index (κ3) is 3.19. The van der Waals surface area contributed by atoms with E-state index in [1.165, 1.54) is 0 Å². The second-order valence-electron chi connectivity index (χ2n) is 6.79. The van der Waals surface area contributed by atoms with E-state index in [0.717, 1.165) is 24.8 Å². The molecule has 3 unspecified atom stereocenters. The molecular weight excluding hydrogens is 305 g/mol. The summed E-state index contributed by atoms with van der Waals surface area (Å²) in [5.74, 6) is 0.601. The van der Waals surface area contributed by atoms with Crippen molar-refractivity contribution in [3.8, 4) is 0 Å². The van der Waals surface area contributed by atoms with Crippen molar-refractivity contribution in [2.45, 2.75) is 52.0 Å². The molecule has 106 valence electrons. The molecule has 0 bridgehead atoms. The lowest BCUT2D eigenvalue weighted by molar-refractivity contribution is 0.152. The second kappa shape index (κ2) is 5.53. The predicted molar refractivity (Wildman–Crippen MR) is 81.6 cm³/mol. The van der Waals surface area contributed by atoms with E-state index in [4.69, 9.17) is 5.73 Å². The highest BCUT2D eigenvalue weighted by Crippen LogP contribution is 2.44. The average molecular weight is 328 g/mol. The number of benzene rings is 1. The summed E-state index contributed by atoms with van der Waals surface area (Å²) in [7, 11) is 0. The average Bonchev–Trinajstić information content (AvgIpc) is 2.32. The van der Waals surface area contributed by atoms with Crippen LogP contribution in [-0.2, 0) is 0 Å². The fraction of sp³-hybridized carbons (Fsp3) is 0.625. The van der Waals surface area contributed by atoms with Crippen LogP contribution in [0.5, 0.6) is 0 Å². The number of hydrogen-bond acceptors (Lipinski definition) is 1. The second-order valence-corrected chi connectivity index (χ2v) is 7.64. The molecular formula is C16H23BrFN. The van der Waals surface area contributed by atoms with E-state index >= 15 is 0 Å². The predicted octanol–water partition coefficient (Wildman–Crippen LogP) is 4.85. The normalized spacial score (nSPS) is 28.4. The van der Waals surface area contributed by atoms with Gasteiger partial charge in [-0.3, -0.25) is 0 Å². The van der Waals surface area contributed by atoms with Crippen molar-refractivity contribution in [2.75, 3.05) is 0 Å². The number of halogens is 2. The van der Waals surface area contributed by atoms with Crippen LogP contribution in [0.4, 0.5) is 4.39 Å². The van der Waals surface area contributed by atoms with Crippen molar-refractivity contribution in [1.82, 2.24) is 0 Å². The first-order chi connectivity index (χ1) is 8.80. The lowest BCUT2D eigenvalue weighted by atomic mass is 9.66. The number of hydrogen-bond donors (Lipinski definition) is 1. The summed E-state index contributed by atoms with van der Waals surface area (Å²) < 4.78 is 14.8. The first-order valence-corrected chi connectivity index (χ1v) is 7.79. The maximum Gasteiger partial charge on any atom is 0.140 e. The van der Waals surface area contributed by atoms with E-state index in [1.807, 2.05) is 12.1 Å². The highest BCUT2D eigenvalue weighted by Gasteiger charge is 2.36. The Hall–Kier alpha value is -0.410. The molecule has 2 N–H and O–H groups in total. The van der Waals surface area contributed by atoms with Gasteiger partial charge >= 0.3 is 0 Å². The molecule has 0 radical (unpaired) electrons. The lowest BCUT2D eigenvalue weighted by Crippen LogP contribution is -2.38. The van der Waals surface area contributed by atoms with Gasteiger partial charge < -0.3 is 5.73 Å². The Labute approximate surface area is 123 Å². The van der Waals surface area contributed by atoms with Crippen LogP contribution in [0.15, 0.2) is 22.7 Å². The van der Waals surface area contributed by atoms with Crippen LogP contribution in [0, 0.1) is 17.2 Å². The minimum Gasteiger partial charge on any atom is -0.327 e. The molecule has 0 aliphatic heterocycles. The van der Waals surface area contributed by atoms with Crippen molar-refractivity contribution < 1.29 is 4.39 Å². The van der Waals surface area contributed by atoms with Crippen LogP contribution < -0.4 is 5.73 Å². The van der Waals surface area contributed by atoms with E-state index in [0.29, 0.717) is 10.4 Å². The molecule has 0 heterocycles. The fourth-order valence-corrected chi connectivity index (χ4v) is 3.53. The van der Waals surface area contributed by atoms with Gasteiger partial charge in [0.15, 0.2) is 0 Å². The maximum atomic E-state index is 14.3. The zero-order valence-electron chi connectivity index (χ0n) is 11.9. The molecule has 1 aromatic rings. The van der Waals surface area contributed by atoms with E-state index in [2.05, 4.69) is 36.7 Å². The van der Waals surface area contributed by atoms with Gasteiger partial charge in [0.25, 0.3) is 0 Å². The number of nitrogens with two attached hydrogens (primary N) is 1. The monoisotopic (exact) mass is 327 g/mol. The Morgan fingerprint density at radius 3 is 2.58 bits per heavy atom. The molecule has 19 heavy (non-hydrogen) atoms. The van der Waals surface area contributed by atoms with E-state index in [1.54, 1.807) is 6.07 Å². The zero-order valence-corrected chi connectivity index (χ0v) is 13.5. The Balaban J connectivity index is 2.29. The fourth-order valence-electron chi connectivity index (χ4n) is 3.15. The standard InChI is InChI=1S/C16H23BrFN/c1-16(2,3)10-7-8-14(19)12(9-10)11-5-4-6-13(17)15(11)18/h4-6,10,12,14H,7-9,19H2,1-3H3. The van der Waals surface area contributed by atoms with E-state index < -0.39 is 0 Å². The van der Waals surface area contributed by atoms with Gasteiger partial charge in [-0.15, -0.1) is 0 Å². The van der Waals surface area contributed by atoms with Crippen molar-refractivity contribution >= 4 is 15.9 Å². The highest BCUT2D eigenvalue weighted by molar-refractivity contribution is 9.10. The summed E-state index contributed by atoms with van der Waals surface area (Å²) in [6.45, 7) is 6.80. The Morgan fingerprint density at radius 2 is 1.95 bits per heavy atom. The highest BCUT2D eigenvalue weighted by atomic mass is 79.9. The van der Waals surface area contributed by atoms with Crippen molar-refractivity contribution in [3.05, 3.63) is 34.1 Å². The van der Waals surface area contributed by atoms with Crippen molar-refractivity contribution in [1.29, 1.82) is 0 Å². The van der Waals surface area contributed by atoms with Gasteiger partial charge in [0.05, 0.1) is 4.47 Å². The summed E-state index contributed by atoms with van der Waals surface area (Å²) in [4.78, 5) is 0. The maximum absolute atomic E-state index is 14.3. The van der Waals surface area contributed by atoms with Crippen LogP contribution in [0.1, 0.15) is 51.5 Å². The minimum absolute atomic E-state index is 0.0717. The summed E-state index contributed by atoms with van der Waals surface area (Å²) in [6, 6.07) is 5.60. The van der Waals surface area contributed by atoms with Crippen LogP contribution in [0.2, 0.25) is 0 Å². The van der Waals surface area contributed by atoms with Gasteiger partial charge in [-0.05, 0) is 58.2 Å². The molecule has 1 nitrogen and oxygen atoms in total. The molecule has 0 amide bonds. The first-order valence-electron chi connectivity index (χ1n) is 7.00. The summed E-state index contributed by atoms with van der Waals surface area (Å²) >= 11 is 3.27. The van der Waals surface area contributed by atoms with Gasteiger partial charge in [0.2, 0.25) is 0 Å². The summed E-state index contributed by atoms with van der Waals surface area (Å²) in [5, 5.41) is 0. The van der Waals surface area contributed by atoms with Crippen LogP contribution in [-0.4, -0.2) is 6.04 Å². The van der Waals surface area contributed by atoms with E-state index in [-0.39, 0.29) is 23.2 Å². The van der Waals surface area contributed by atoms with Gasteiger partial charge in [-0.2, -0.15) is 0 Å². The first kappa shape index (κ1) is 15.0. The Morgan fingerprint density at radius 1 is 1.26 bits per heavy atom. The molecule has 2 rings (SSSR count). The van der Waals surface area contributed by atoms with E-state index in [9.17, 15) is 4.39 Å². The van der Waals surface area contributed by atoms with Gasteiger partial charge in [-0.1, -0.05) is 32.9 Å². The third-order valence-corrected chi connectivity index (χ3v) is 5.12. The minimum atomic E-state index is -0.141. The Kier molecular flexibility index (Phi) is 4.36. The number of rotatable bonds is 1. The molecule has 3 atom stereocenters. The lowest BCUT2D eigenvalue weighted by Gasteiger charge is -2.41. The van der Waals surface area contributed by atoms with Gasteiger partial charge in [0.1, 0.15) is 5.82 Å². The van der Waals surface area contributed by atoms with Crippen LogP contribution in [0.25, 0.3) is 0 Å². The molecule has 0 saturated heterocycles. The van der Waals surface area contributed by atoms with Crippen LogP contribution in [0.3, 0.4) is 0 Å². The largest absolute Gasteiger partial charge is 0.327 e. The molecule has 1 saturated carbocycles. The molecule has 0 spiro atoms. The smallest absolute Gasteiger partial charge is 0.140 e. The SMILES string of the molecule is CC(C)(C)C1CCC(N)C(c2cccc(Br)c2F)C1.